The zero-order valence-electron chi connectivity index (χ0n) is 9.93. The fourth-order valence-corrected chi connectivity index (χ4v) is 2.07. The van der Waals surface area contributed by atoms with Gasteiger partial charge in [-0.1, -0.05) is 34.1 Å². The second-order valence-corrected chi connectivity index (χ2v) is 4.87. The summed E-state index contributed by atoms with van der Waals surface area (Å²) in [6, 6.07) is 11.3. The second-order valence-electron chi connectivity index (χ2n) is 4.01. The smallest absolute Gasteiger partial charge is 0.251 e. The fraction of sp³-hybridized carbons (Fsp3) is 0.0714. The molecule has 0 aromatic heterocycles. The third kappa shape index (κ3) is 3.48. The summed E-state index contributed by atoms with van der Waals surface area (Å²) in [5, 5.41) is 21.4. The fourth-order valence-electron chi connectivity index (χ4n) is 1.65. The first-order valence-corrected chi connectivity index (χ1v) is 6.40. The number of halogens is 1. The number of phenols is 2. The minimum atomic E-state index is -0.359. The van der Waals surface area contributed by atoms with Gasteiger partial charge in [0.05, 0.1) is 0 Å². The van der Waals surface area contributed by atoms with Gasteiger partial charge in [0, 0.05) is 22.6 Å². The van der Waals surface area contributed by atoms with Crippen LogP contribution in [0.15, 0.2) is 46.9 Å². The SMILES string of the molecule is O=C(NCc1ccccc1Br)c1cc(O)cc(O)c1. The van der Waals surface area contributed by atoms with Crippen LogP contribution in [-0.4, -0.2) is 16.1 Å². The lowest BCUT2D eigenvalue weighted by Gasteiger charge is -2.07. The molecule has 0 saturated heterocycles. The molecule has 0 aliphatic rings. The maximum atomic E-state index is 11.9. The Morgan fingerprint density at radius 2 is 1.74 bits per heavy atom. The number of nitrogens with one attached hydrogen (secondary N) is 1. The predicted octanol–water partition coefficient (Wildman–Crippen LogP) is 2.79. The van der Waals surface area contributed by atoms with Crippen molar-refractivity contribution in [1.29, 1.82) is 0 Å². The minimum absolute atomic E-state index is 0.147. The normalized spacial score (nSPS) is 10.2. The van der Waals surface area contributed by atoms with Crippen LogP contribution in [0.3, 0.4) is 0 Å². The lowest BCUT2D eigenvalue weighted by molar-refractivity contribution is 0.0950. The van der Waals surface area contributed by atoms with E-state index in [4.69, 9.17) is 0 Å². The molecule has 0 spiro atoms. The number of amides is 1. The second kappa shape index (κ2) is 5.75. The molecule has 2 aromatic rings. The average Bonchev–Trinajstić information content (AvgIpc) is 2.36. The molecule has 0 unspecified atom stereocenters. The number of rotatable bonds is 3. The number of carbonyl (C=O) groups excluding carboxylic acids is 1. The van der Waals surface area contributed by atoms with Crippen LogP contribution >= 0.6 is 15.9 Å². The number of hydrogen-bond acceptors (Lipinski definition) is 3. The molecule has 0 aliphatic heterocycles. The average molecular weight is 322 g/mol. The van der Waals surface area contributed by atoms with Crippen molar-refractivity contribution in [3.8, 4) is 11.5 Å². The highest BCUT2D eigenvalue weighted by Gasteiger charge is 2.09. The summed E-state index contributed by atoms with van der Waals surface area (Å²) >= 11 is 3.39. The van der Waals surface area contributed by atoms with Gasteiger partial charge in [-0.15, -0.1) is 0 Å². The monoisotopic (exact) mass is 321 g/mol. The predicted molar refractivity (Wildman–Crippen MR) is 75.1 cm³/mol. The summed E-state index contributed by atoms with van der Waals surface area (Å²) in [7, 11) is 0. The van der Waals surface area contributed by atoms with E-state index in [9.17, 15) is 15.0 Å². The Balaban J connectivity index is 2.08. The molecule has 0 atom stereocenters. The zero-order valence-corrected chi connectivity index (χ0v) is 11.5. The van der Waals surface area contributed by atoms with Crippen LogP contribution in [0.4, 0.5) is 0 Å². The third-order valence-corrected chi connectivity index (χ3v) is 3.34. The first kappa shape index (κ1) is 13.4. The van der Waals surface area contributed by atoms with E-state index in [-0.39, 0.29) is 23.0 Å². The molecule has 19 heavy (non-hydrogen) atoms. The molecule has 2 aromatic carbocycles. The van der Waals surface area contributed by atoms with Crippen molar-refractivity contribution in [3.63, 3.8) is 0 Å². The van der Waals surface area contributed by atoms with Crippen LogP contribution in [0, 0.1) is 0 Å². The first-order valence-electron chi connectivity index (χ1n) is 5.61. The molecule has 4 nitrogen and oxygen atoms in total. The van der Waals surface area contributed by atoms with Gasteiger partial charge < -0.3 is 15.5 Å². The number of carbonyl (C=O) groups is 1. The summed E-state index contributed by atoms with van der Waals surface area (Å²) in [6.07, 6.45) is 0. The van der Waals surface area contributed by atoms with Crippen molar-refractivity contribution >= 4 is 21.8 Å². The minimum Gasteiger partial charge on any atom is -0.508 e. The van der Waals surface area contributed by atoms with Crippen LogP contribution < -0.4 is 5.32 Å². The van der Waals surface area contributed by atoms with Crippen molar-refractivity contribution in [2.45, 2.75) is 6.54 Å². The van der Waals surface area contributed by atoms with E-state index in [2.05, 4.69) is 21.2 Å². The Kier molecular flexibility index (Phi) is 4.06. The third-order valence-electron chi connectivity index (χ3n) is 2.56. The maximum Gasteiger partial charge on any atom is 0.251 e. The van der Waals surface area contributed by atoms with E-state index in [1.807, 2.05) is 24.3 Å². The van der Waals surface area contributed by atoms with Crippen molar-refractivity contribution in [2.75, 3.05) is 0 Å². The number of hydrogen-bond donors (Lipinski definition) is 3. The van der Waals surface area contributed by atoms with Gasteiger partial charge in [-0.2, -0.15) is 0 Å². The van der Waals surface area contributed by atoms with Gasteiger partial charge in [0.1, 0.15) is 11.5 Å². The Labute approximate surface area is 118 Å². The summed E-state index contributed by atoms with van der Waals surface area (Å²) in [5.41, 5.74) is 1.16. The summed E-state index contributed by atoms with van der Waals surface area (Å²) < 4.78 is 0.911. The topological polar surface area (TPSA) is 69.6 Å². The van der Waals surface area contributed by atoms with Gasteiger partial charge in [-0.05, 0) is 23.8 Å². The Bertz CT molecular complexity index is 593. The van der Waals surface area contributed by atoms with Crippen molar-refractivity contribution < 1.29 is 15.0 Å². The molecule has 0 saturated carbocycles. The van der Waals surface area contributed by atoms with Crippen molar-refractivity contribution in [2.24, 2.45) is 0 Å². The lowest BCUT2D eigenvalue weighted by atomic mass is 10.1. The molecule has 5 heteroatoms. The van der Waals surface area contributed by atoms with Crippen LogP contribution in [0.1, 0.15) is 15.9 Å². The quantitative estimate of drug-likeness (QED) is 0.814. The molecule has 1 amide bonds. The molecule has 0 aliphatic carbocycles. The molecule has 0 fully saturated rings. The van der Waals surface area contributed by atoms with Gasteiger partial charge in [0.25, 0.3) is 5.91 Å². The van der Waals surface area contributed by atoms with Crippen molar-refractivity contribution in [3.05, 3.63) is 58.1 Å². The molecule has 2 rings (SSSR count). The Morgan fingerprint density at radius 3 is 2.37 bits per heavy atom. The molecule has 98 valence electrons. The number of phenolic OH excluding ortho intramolecular Hbond substituents is 2. The van der Waals surface area contributed by atoms with Gasteiger partial charge in [0.15, 0.2) is 0 Å². The van der Waals surface area contributed by atoms with E-state index in [0.29, 0.717) is 6.54 Å². The van der Waals surface area contributed by atoms with E-state index in [0.717, 1.165) is 10.0 Å². The lowest BCUT2D eigenvalue weighted by Crippen LogP contribution is -2.22. The number of aromatic hydroxyl groups is 2. The van der Waals surface area contributed by atoms with Gasteiger partial charge >= 0.3 is 0 Å². The van der Waals surface area contributed by atoms with E-state index < -0.39 is 0 Å². The largest absolute Gasteiger partial charge is 0.508 e. The van der Waals surface area contributed by atoms with Crippen LogP contribution in [0.25, 0.3) is 0 Å². The van der Waals surface area contributed by atoms with Crippen LogP contribution in [-0.2, 0) is 6.54 Å². The highest BCUT2D eigenvalue weighted by atomic mass is 79.9. The van der Waals surface area contributed by atoms with E-state index >= 15 is 0 Å². The number of benzene rings is 2. The molecular formula is C14H12BrNO3. The summed E-state index contributed by atoms with van der Waals surface area (Å²) in [5.74, 6) is -0.654. The van der Waals surface area contributed by atoms with Crippen molar-refractivity contribution in [1.82, 2.24) is 5.32 Å². The summed E-state index contributed by atoms with van der Waals surface area (Å²) in [6.45, 7) is 0.358. The maximum absolute atomic E-state index is 11.9. The van der Waals surface area contributed by atoms with Gasteiger partial charge in [0.2, 0.25) is 0 Å². The molecule has 0 radical (unpaired) electrons. The molecular weight excluding hydrogens is 310 g/mol. The Morgan fingerprint density at radius 1 is 1.11 bits per heavy atom. The Hall–Kier alpha value is -2.01. The molecule has 0 bridgehead atoms. The summed E-state index contributed by atoms with van der Waals surface area (Å²) in [4.78, 5) is 11.9. The zero-order chi connectivity index (χ0) is 13.8. The molecule has 0 heterocycles. The molecule has 3 N–H and O–H groups in total. The highest BCUT2D eigenvalue weighted by molar-refractivity contribution is 9.10. The van der Waals surface area contributed by atoms with E-state index in [1.165, 1.54) is 18.2 Å². The van der Waals surface area contributed by atoms with Gasteiger partial charge in [-0.3, -0.25) is 4.79 Å². The van der Waals surface area contributed by atoms with E-state index in [1.54, 1.807) is 0 Å². The first-order chi connectivity index (χ1) is 9.06. The standard InChI is InChI=1S/C14H12BrNO3/c15-13-4-2-1-3-9(13)8-16-14(19)10-5-11(17)7-12(18)6-10/h1-7,17-18H,8H2,(H,16,19). The van der Waals surface area contributed by atoms with Crippen LogP contribution in [0.5, 0.6) is 11.5 Å². The highest BCUT2D eigenvalue weighted by Crippen LogP contribution is 2.20. The van der Waals surface area contributed by atoms with Gasteiger partial charge in [-0.25, -0.2) is 0 Å². The van der Waals surface area contributed by atoms with Crippen LogP contribution in [0.2, 0.25) is 0 Å².